The fourth-order valence-corrected chi connectivity index (χ4v) is 1.81. The van der Waals surface area contributed by atoms with Crippen LogP contribution < -0.4 is 15.4 Å². The highest BCUT2D eigenvalue weighted by Gasteiger charge is 2.21. The molecule has 0 aromatic heterocycles. The van der Waals surface area contributed by atoms with Gasteiger partial charge in [0.2, 0.25) is 5.91 Å². The number of hydrogen-bond acceptors (Lipinski definition) is 3. The van der Waals surface area contributed by atoms with Crippen molar-refractivity contribution in [2.75, 3.05) is 13.7 Å². The Balaban J connectivity index is 1.84. The molecule has 1 saturated carbocycles. The van der Waals surface area contributed by atoms with Crippen molar-refractivity contribution in [1.82, 2.24) is 10.6 Å². The SMILES string of the molecule is COc1cccc([C@@H](C)NC(=O)CNC2CC2)c1. The Hall–Kier alpha value is -1.55. The lowest BCUT2D eigenvalue weighted by Gasteiger charge is -2.15. The first kappa shape index (κ1) is 12.9. The van der Waals surface area contributed by atoms with Gasteiger partial charge < -0.3 is 15.4 Å². The molecule has 18 heavy (non-hydrogen) atoms. The van der Waals surface area contributed by atoms with E-state index >= 15 is 0 Å². The summed E-state index contributed by atoms with van der Waals surface area (Å²) in [6.07, 6.45) is 2.39. The Morgan fingerprint density at radius 2 is 2.28 bits per heavy atom. The summed E-state index contributed by atoms with van der Waals surface area (Å²) in [6.45, 7) is 2.38. The van der Waals surface area contributed by atoms with Crippen molar-refractivity contribution >= 4 is 5.91 Å². The van der Waals surface area contributed by atoms with Crippen LogP contribution in [0.2, 0.25) is 0 Å². The summed E-state index contributed by atoms with van der Waals surface area (Å²) in [5, 5.41) is 6.17. The van der Waals surface area contributed by atoms with Crippen molar-refractivity contribution in [3.05, 3.63) is 29.8 Å². The minimum atomic E-state index is -0.00592. The molecule has 1 aromatic carbocycles. The minimum absolute atomic E-state index is 0.00592. The Kier molecular flexibility index (Phi) is 4.20. The van der Waals surface area contributed by atoms with Crippen LogP contribution >= 0.6 is 0 Å². The van der Waals surface area contributed by atoms with Gasteiger partial charge in [-0.2, -0.15) is 0 Å². The van der Waals surface area contributed by atoms with Gasteiger partial charge >= 0.3 is 0 Å². The molecule has 1 fully saturated rings. The fraction of sp³-hybridized carbons (Fsp3) is 0.500. The summed E-state index contributed by atoms with van der Waals surface area (Å²) in [7, 11) is 1.64. The van der Waals surface area contributed by atoms with Gasteiger partial charge in [-0.1, -0.05) is 12.1 Å². The largest absolute Gasteiger partial charge is 0.497 e. The van der Waals surface area contributed by atoms with Gasteiger partial charge in [-0.3, -0.25) is 4.79 Å². The third kappa shape index (κ3) is 3.74. The molecule has 2 rings (SSSR count). The first-order valence-electron chi connectivity index (χ1n) is 6.35. The Bertz CT molecular complexity index is 416. The number of carbonyl (C=O) groups is 1. The molecule has 0 heterocycles. The number of methoxy groups -OCH3 is 1. The van der Waals surface area contributed by atoms with Gasteiger partial charge in [0.05, 0.1) is 19.7 Å². The molecule has 0 bridgehead atoms. The van der Waals surface area contributed by atoms with E-state index in [0.717, 1.165) is 11.3 Å². The highest BCUT2D eigenvalue weighted by molar-refractivity contribution is 5.78. The zero-order valence-electron chi connectivity index (χ0n) is 10.9. The Morgan fingerprint density at radius 1 is 1.50 bits per heavy atom. The average Bonchev–Trinajstić information content (AvgIpc) is 3.20. The van der Waals surface area contributed by atoms with E-state index in [0.29, 0.717) is 12.6 Å². The van der Waals surface area contributed by atoms with Gasteiger partial charge in [0, 0.05) is 6.04 Å². The van der Waals surface area contributed by atoms with E-state index in [1.807, 2.05) is 31.2 Å². The molecule has 0 saturated heterocycles. The van der Waals surface area contributed by atoms with Crippen LogP contribution in [-0.4, -0.2) is 25.6 Å². The smallest absolute Gasteiger partial charge is 0.234 e. The number of hydrogen-bond donors (Lipinski definition) is 2. The predicted molar refractivity (Wildman–Crippen MR) is 70.6 cm³/mol. The van der Waals surface area contributed by atoms with Crippen molar-refractivity contribution in [3.63, 3.8) is 0 Å². The zero-order chi connectivity index (χ0) is 13.0. The molecule has 4 nitrogen and oxygen atoms in total. The topological polar surface area (TPSA) is 50.4 Å². The standard InChI is InChI=1S/C14H20N2O2/c1-10(11-4-3-5-13(8-11)18-2)16-14(17)9-15-12-6-7-12/h3-5,8,10,12,15H,6-7,9H2,1-2H3,(H,16,17)/t10-/m1/s1. The first-order valence-corrected chi connectivity index (χ1v) is 6.35. The van der Waals surface area contributed by atoms with E-state index in [-0.39, 0.29) is 11.9 Å². The van der Waals surface area contributed by atoms with Crippen LogP contribution in [0, 0.1) is 0 Å². The van der Waals surface area contributed by atoms with Crippen LogP contribution in [-0.2, 0) is 4.79 Å². The van der Waals surface area contributed by atoms with Crippen LogP contribution in [0.3, 0.4) is 0 Å². The fourth-order valence-electron chi connectivity index (χ4n) is 1.81. The average molecular weight is 248 g/mol. The number of amides is 1. The van der Waals surface area contributed by atoms with Crippen LogP contribution in [0.4, 0.5) is 0 Å². The van der Waals surface area contributed by atoms with Gasteiger partial charge in [-0.15, -0.1) is 0 Å². The van der Waals surface area contributed by atoms with Gasteiger partial charge in [-0.05, 0) is 37.5 Å². The van der Waals surface area contributed by atoms with E-state index in [9.17, 15) is 4.79 Å². The molecule has 1 amide bonds. The maximum atomic E-state index is 11.7. The van der Waals surface area contributed by atoms with E-state index in [1.165, 1.54) is 12.8 Å². The monoisotopic (exact) mass is 248 g/mol. The third-order valence-electron chi connectivity index (χ3n) is 3.10. The molecule has 98 valence electrons. The summed E-state index contributed by atoms with van der Waals surface area (Å²) in [5.41, 5.74) is 1.05. The zero-order valence-corrected chi connectivity index (χ0v) is 10.9. The minimum Gasteiger partial charge on any atom is -0.497 e. The normalized spacial score (nSPS) is 16.1. The van der Waals surface area contributed by atoms with Crippen molar-refractivity contribution in [2.24, 2.45) is 0 Å². The molecule has 0 spiro atoms. The molecule has 1 aliphatic carbocycles. The summed E-state index contributed by atoms with van der Waals surface area (Å²) in [6, 6.07) is 8.31. The van der Waals surface area contributed by atoms with Gasteiger partial charge in [0.1, 0.15) is 5.75 Å². The van der Waals surface area contributed by atoms with Crippen molar-refractivity contribution in [2.45, 2.75) is 31.8 Å². The number of carbonyl (C=O) groups excluding carboxylic acids is 1. The van der Waals surface area contributed by atoms with E-state index in [2.05, 4.69) is 10.6 Å². The van der Waals surface area contributed by atoms with Crippen LogP contribution in [0.1, 0.15) is 31.4 Å². The lowest BCUT2D eigenvalue weighted by Crippen LogP contribution is -2.36. The van der Waals surface area contributed by atoms with Gasteiger partial charge in [-0.25, -0.2) is 0 Å². The predicted octanol–water partition coefficient (Wildman–Crippen LogP) is 1.62. The van der Waals surface area contributed by atoms with E-state index in [1.54, 1.807) is 7.11 Å². The molecule has 1 aliphatic rings. The van der Waals surface area contributed by atoms with Crippen LogP contribution in [0.5, 0.6) is 5.75 Å². The second-order valence-corrected chi connectivity index (χ2v) is 4.72. The van der Waals surface area contributed by atoms with Crippen molar-refractivity contribution in [3.8, 4) is 5.75 Å². The molecular weight excluding hydrogens is 228 g/mol. The molecule has 1 aromatic rings. The van der Waals surface area contributed by atoms with Gasteiger partial charge in [0.15, 0.2) is 0 Å². The molecule has 1 atom stereocenters. The Morgan fingerprint density at radius 3 is 2.94 bits per heavy atom. The highest BCUT2D eigenvalue weighted by Crippen LogP contribution is 2.19. The summed E-state index contributed by atoms with van der Waals surface area (Å²) in [4.78, 5) is 11.7. The Labute approximate surface area is 108 Å². The first-order chi connectivity index (χ1) is 8.69. The summed E-state index contributed by atoms with van der Waals surface area (Å²) in [5.74, 6) is 0.849. The number of rotatable bonds is 6. The van der Waals surface area contributed by atoms with Crippen LogP contribution in [0.15, 0.2) is 24.3 Å². The highest BCUT2D eigenvalue weighted by atomic mass is 16.5. The maximum Gasteiger partial charge on any atom is 0.234 e. The number of ether oxygens (including phenoxy) is 1. The second-order valence-electron chi connectivity index (χ2n) is 4.72. The maximum absolute atomic E-state index is 11.7. The number of nitrogens with one attached hydrogen (secondary N) is 2. The van der Waals surface area contributed by atoms with Crippen LogP contribution in [0.25, 0.3) is 0 Å². The lowest BCUT2D eigenvalue weighted by molar-refractivity contribution is -0.120. The second kappa shape index (κ2) is 5.87. The lowest BCUT2D eigenvalue weighted by atomic mass is 10.1. The van der Waals surface area contributed by atoms with E-state index < -0.39 is 0 Å². The van der Waals surface area contributed by atoms with E-state index in [4.69, 9.17) is 4.74 Å². The quantitative estimate of drug-likeness (QED) is 0.804. The number of benzene rings is 1. The molecule has 0 aliphatic heterocycles. The summed E-state index contributed by atoms with van der Waals surface area (Å²) >= 11 is 0. The van der Waals surface area contributed by atoms with Gasteiger partial charge in [0.25, 0.3) is 0 Å². The van der Waals surface area contributed by atoms with Crippen molar-refractivity contribution < 1.29 is 9.53 Å². The molecule has 0 unspecified atom stereocenters. The summed E-state index contributed by atoms with van der Waals surface area (Å²) < 4.78 is 5.17. The molecule has 0 radical (unpaired) electrons. The molecule has 2 N–H and O–H groups in total. The third-order valence-corrected chi connectivity index (χ3v) is 3.10. The van der Waals surface area contributed by atoms with Crippen molar-refractivity contribution in [1.29, 1.82) is 0 Å². The molecule has 4 heteroatoms. The molecular formula is C14H20N2O2.